The Morgan fingerprint density at radius 1 is 1.12 bits per heavy atom. The monoisotopic (exact) mass is 453 g/mol. The maximum atomic E-state index is 14.8. The van der Waals surface area contributed by atoms with Gasteiger partial charge >= 0.3 is 0 Å². The van der Waals surface area contributed by atoms with Crippen molar-refractivity contribution in [2.45, 2.75) is 25.7 Å². The van der Waals surface area contributed by atoms with Crippen LogP contribution < -0.4 is 10.9 Å². The second-order valence-electron chi connectivity index (χ2n) is 8.80. The van der Waals surface area contributed by atoms with E-state index in [4.69, 9.17) is 0 Å². The first-order chi connectivity index (χ1) is 15.4. The van der Waals surface area contributed by atoms with E-state index in [0.717, 1.165) is 30.2 Å². The quantitative estimate of drug-likeness (QED) is 0.615. The van der Waals surface area contributed by atoms with Crippen molar-refractivity contribution in [3.05, 3.63) is 69.9 Å². The largest absolute Gasteiger partial charge is 0.342 e. The summed E-state index contributed by atoms with van der Waals surface area (Å²) in [6.07, 6.45) is 3.99. The molecule has 1 aliphatic heterocycles. The summed E-state index contributed by atoms with van der Waals surface area (Å²) >= 11 is 0. The van der Waals surface area contributed by atoms with E-state index in [2.05, 4.69) is 10.2 Å². The van der Waals surface area contributed by atoms with Gasteiger partial charge in [0.2, 0.25) is 5.91 Å². The number of aromatic amines is 1. The van der Waals surface area contributed by atoms with Crippen molar-refractivity contribution >= 4 is 29.1 Å². The summed E-state index contributed by atoms with van der Waals surface area (Å²) < 4.78 is 28.5. The molecule has 8 heteroatoms. The summed E-state index contributed by atoms with van der Waals surface area (Å²) in [7, 11) is -2.94. The fraction of sp³-hybridized carbons (Fsp3) is 0.375. The molecule has 0 atom stereocenters. The zero-order valence-corrected chi connectivity index (χ0v) is 18.6. The smallest absolute Gasteiger partial charge is 0.272 e. The molecule has 6 nitrogen and oxygen atoms in total. The predicted molar refractivity (Wildman–Crippen MR) is 122 cm³/mol. The molecule has 5 rings (SSSR count). The summed E-state index contributed by atoms with van der Waals surface area (Å²) in [5, 5.41) is 8.28. The lowest BCUT2D eigenvalue weighted by Crippen LogP contribution is -2.45. The van der Waals surface area contributed by atoms with E-state index in [1.54, 1.807) is 29.2 Å². The van der Waals surface area contributed by atoms with Crippen molar-refractivity contribution in [2.24, 2.45) is 5.92 Å². The molecule has 2 aliphatic rings. The Bertz CT molecular complexity index is 1290. The normalized spacial score (nSPS) is 18.5. The number of H-pyrrole nitrogens is 1. The minimum atomic E-state index is -2.94. The topological polar surface area (TPSA) is 83.1 Å². The second-order valence-corrected chi connectivity index (χ2v) is 12.0. The molecule has 1 N–H and O–H groups in total. The highest BCUT2D eigenvalue weighted by Gasteiger charge is 2.37. The van der Waals surface area contributed by atoms with Crippen LogP contribution in [0.2, 0.25) is 0 Å². The van der Waals surface area contributed by atoms with Gasteiger partial charge in [-0.2, -0.15) is 5.10 Å². The molecule has 1 aromatic heterocycles. The highest BCUT2D eigenvalue weighted by atomic mass is 31.2. The third kappa shape index (κ3) is 3.79. The summed E-state index contributed by atoms with van der Waals surface area (Å²) in [4.78, 5) is 26.4. The number of halogens is 1. The Labute approximate surface area is 185 Å². The summed E-state index contributed by atoms with van der Waals surface area (Å²) in [5.74, 6) is -0.185. The highest BCUT2D eigenvalue weighted by Crippen LogP contribution is 2.47. The number of nitrogens with one attached hydrogen (secondary N) is 1. The molecule has 0 radical (unpaired) electrons. The molecule has 32 heavy (non-hydrogen) atoms. The van der Waals surface area contributed by atoms with Crippen molar-refractivity contribution < 1.29 is 13.8 Å². The van der Waals surface area contributed by atoms with E-state index in [1.807, 2.05) is 12.1 Å². The van der Waals surface area contributed by atoms with Crippen LogP contribution in [-0.2, 0) is 15.8 Å². The lowest BCUT2D eigenvalue weighted by molar-refractivity contribution is -0.137. The Kier molecular flexibility index (Phi) is 5.46. The fourth-order valence-electron chi connectivity index (χ4n) is 4.64. The van der Waals surface area contributed by atoms with Crippen LogP contribution in [0.4, 0.5) is 4.39 Å². The first kappa shape index (κ1) is 21.1. The van der Waals surface area contributed by atoms with Crippen LogP contribution in [0.5, 0.6) is 0 Å². The zero-order chi connectivity index (χ0) is 22.3. The number of carbonyl (C=O) groups is 1. The van der Waals surface area contributed by atoms with E-state index in [0.29, 0.717) is 42.9 Å². The molecule has 2 aromatic carbocycles. The van der Waals surface area contributed by atoms with Gasteiger partial charge in [0.05, 0.1) is 11.1 Å². The Hall–Kier alpha value is -2.79. The molecule has 0 spiro atoms. The summed E-state index contributed by atoms with van der Waals surface area (Å²) in [5.41, 5.74) is 1.21. The van der Waals surface area contributed by atoms with Gasteiger partial charge in [-0.05, 0) is 36.6 Å². The first-order valence-corrected chi connectivity index (χ1v) is 13.1. The first-order valence-electron chi connectivity index (χ1n) is 11.1. The standard InChI is InChI=1S/C24H25FN3O3P/c25-20-9-8-16(14-21-18-6-1-2-7-19(18)23(29)27-26-21)15-22(20)32(31)12-10-28(11-13-32)24(30)17-4-3-5-17/h1-2,6-9,15,17H,3-5,10-14H2,(H,27,29). The average molecular weight is 453 g/mol. The van der Waals surface area contributed by atoms with Crippen molar-refractivity contribution in [3.8, 4) is 0 Å². The Balaban J connectivity index is 1.39. The van der Waals surface area contributed by atoms with Crippen LogP contribution in [0.1, 0.15) is 30.5 Å². The number of rotatable bonds is 4. The third-order valence-corrected chi connectivity index (χ3v) is 9.89. The number of nitrogens with zero attached hydrogens (tertiary/aromatic N) is 2. The second kappa shape index (κ2) is 8.28. The average Bonchev–Trinajstić information content (AvgIpc) is 2.76. The van der Waals surface area contributed by atoms with E-state index in [-0.39, 0.29) is 22.7 Å². The molecule has 1 saturated heterocycles. The number of benzene rings is 2. The zero-order valence-electron chi connectivity index (χ0n) is 17.7. The molecule has 0 unspecified atom stereocenters. The highest BCUT2D eigenvalue weighted by molar-refractivity contribution is 7.71. The summed E-state index contributed by atoms with van der Waals surface area (Å²) in [6, 6.07) is 11.9. The van der Waals surface area contributed by atoms with Crippen LogP contribution >= 0.6 is 7.14 Å². The van der Waals surface area contributed by atoms with Gasteiger partial charge < -0.3 is 9.46 Å². The molecule has 2 heterocycles. The van der Waals surface area contributed by atoms with Gasteiger partial charge in [0.15, 0.2) is 0 Å². The van der Waals surface area contributed by atoms with E-state index >= 15 is 0 Å². The molecule has 3 aromatic rings. The maximum absolute atomic E-state index is 14.8. The SMILES string of the molecule is O=C(C1CCC1)N1CCP(=O)(c2cc(Cc3n[nH]c(=O)c4ccccc34)ccc2F)CC1. The van der Waals surface area contributed by atoms with Gasteiger partial charge in [-0.1, -0.05) is 30.7 Å². The minimum absolute atomic E-state index is 0.118. The van der Waals surface area contributed by atoms with Crippen LogP contribution in [0.15, 0.2) is 47.3 Å². The fourth-order valence-corrected chi connectivity index (χ4v) is 7.34. The molecule has 0 bridgehead atoms. The molecular formula is C24H25FN3O3P. The van der Waals surface area contributed by atoms with Crippen LogP contribution in [-0.4, -0.2) is 46.4 Å². The van der Waals surface area contributed by atoms with Crippen molar-refractivity contribution in [3.63, 3.8) is 0 Å². The predicted octanol–water partition coefficient (Wildman–Crippen LogP) is 3.28. The van der Waals surface area contributed by atoms with Gasteiger partial charge in [0.25, 0.3) is 5.56 Å². The van der Waals surface area contributed by atoms with Crippen molar-refractivity contribution in [1.82, 2.24) is 15.1 Å². The lowest BCUT2D eigenvalue weighted by Gasteiger charge is -2.36. The maximum Gasteiger partial charge on any atom is 0.272 e. The number of carbonyl (C=O) groups excluding carboxylic acids is 1. The van der Waals surface area contributed by atoms with Gasteiger partial charge in [-0.15, -0.1) is 0 Å². The Morgan fingerprint density at radius 3 is 2.53 bits per heavy atom. The van der Waals surface area contributed by atoms with E-state index in [9.17, 15) is 18.5 Å². The number of aromatic nitrogens is 2. The molecule has 1 saturated carbocycles. The number of fused-ring (bicyclic) bond motifs is 1. The van der Waals surface area contributed by atoms with Gasteiger partial charge in [0, 0.05) is 48.4 Å². The number of hydrogen-bond acceptors (Lipinski definition) is 4. The molecule has 1 amide bonds. The van der Waals surface area contributed by atoms with E-state index < -0.39 is 13.0 Å². The number of amides is 1. The Morgan fingerprint density at radius 2 is 1.84 bits per heavy atom. The molecule has 2 fully saturated rings. The summed E-state index contributed by atoms with van der Waals surface area (Å²) in [6.45, 7) is 0.838. The van der Waals surface area contributed by atoms with Gasteiger partial charge in [-0.3, -0.25) is 9.59 Å². The van der Waals surface area contributed by atoms with Crippen molar-refractivity contribution in [2.75, 3.05) is 25.4 Å². The lowest BCUT2D eigenvalue weighted by atomic mass is 9.84. The number of hydrogen-bond donors (Lipinski definition) is 1. The molecule has 1 aliphatic carbocycles. The van der Waals surface area contributed by atoms with Gasteiger partial charge in [-0.25, -0.2) is 9.49 Å². The molecule has 166 valence electrons. The van der Waals surface area contributed by atoms with Crippen LogP contribution in [0.25, 0.3) is 10.8 Å². The van der Waals surface area contributed by atoms with Crippen LogP contribution in [0, 0.1) is 11.7 Å². The van der Waals surface area contributed by atoms with Gasteiger partial charge in [0.1, 0.15) is 13.0 Å². The molecular weight excluding hydrogens is 428 g/mol. The van der Waals surface area contributed by atoms with Crippen LogP contribution in [0.3, 0.4) is 0 Å². The third-order valence-electron chi connectivity index (χ3n) is 6.82. The minimum Gasteiger partial charge on any atom is -0.342 e. The van der Waals surface area contributed by atoms with Crippen molar-refractivity contribution in [1.29, 1.82) is 0 Å². The van der Waals surface area contributed by atoms with E-state index in [1.165, 1.54) is 6.07 Å².